The molecule has 0 saturated heterocycles. The zero-order valence-corrected chi connectivity index (χ0v) is 20.2. The molecule has 0 spiro atoms. The minimum absolute atomic E-state index is 0.0342. The number of rotatable bonds is 7. The van der Waals surface area contributed by atoms with Gasteiger partial charge in [-0.05, 0) is 60.5 Å². The predicted molar refractivity (Wildman–Crippen MR) is 135 cm³/mol. The molecule has 35 heavy (non-hydrogen) atoms. The van der Waals surface area contributed by atoms with Crippen LogP contribution in [0.3, 0.4) is 0 Å². The van der Waals surface area contributed by atoms with Gasteiger partial charge in [-0.3, -0.25) is 4.79 Å². The van der Waals surface area contributed by atoms with E-state index in [2.05, 4.69) is 5.32 Å². The highest BCUT2D eigenvalue weighted by Gasteiger charge is 2.15. The van der Waals surface area contributed by atoms with Crippen molar-refractivity contribution in [3.05, 3.63) is 78.6 Å². The number of primary sulfonamides is 1. The van der Waals surface area contributed by atoms with Crippen LogP contribution < -0.4 is 19.9 Å². The van der Waals surface area contributed by atoms with Gasteiger partial charge in [0.2, 0.25) is 15.9 Å². The van der Waals surface area contributed by atoms with E-state index >= 15 is 0 Å². The van der Waals surface area contributed by atoms with Gasteiger partial charge in [-0.15, -0.1) is 0 Å². The zero-order chi connectivity index (χ0) is 25.2. The quantitative estimate of drug-likeness (QED) is 0.357. The van der Waals surface area contributed by atoms with Gasteiger partial charge in [-0.2, -0.15) is 0 Å². The maximum Gasteiger partial charge on any atom is 0.248 e. The highest BCUT2D eigenvalue weighted by Crippen LogP contribution is 2.37. The maximum atomic E-state index is 12.6. The van der Waals surface area contributed by atoms with Crippen LogP contribution in [0, 0.1) is 0 Å². The average molecular weight is 493 g/mol. The standard InChI is InChI=1S/C26H24N2O6S/c1-16(12-26(29)28-18-6-10-20(11-7-18)35(27,30)31)21-13-22-23(15-34-25(22)14-24(21)33-3)17-4-8-19(32-2)9-5-17/h4-15H,1-3H3,(H,28,29)(H2,27,30,31)/b16-12+. The van der Waals surface area contributed by atoms with Crippen molar-refractivity contribution in [2.45, 2.75) is 11.8 Å². The number of anilines is 1. The topological polar surface area (TPSA) is 121 Å². The highest BCUT2D eigenvalue weighted by molar-refractivity contribution is 7.89. The molecular weight excluding hydrogens is 468 g/mol. The van der Waals surface area contributed by atoms with Crippen LogP contribution in [0.25, 0.3) is 27.7 Å². The average Bonchev–Trinajstić information content (AvgIpc) is 3.25. The number of methoxy groups -OCH3 is 2. The van der Waals surface area contributed by atoms with E-state index in [0.717, 1.165) is 27.8 Å². The van der Waals surface area contributed by atoms with Gasteiger partial charge < -0.3 is 19.2 Å². The van der Waals surface area contributed by atoms with E-state index in [-0.39, 0.29) is 10.8 Å². The van der Waals surface area contributed by atoms with Crippen LogP contribution in [0.4, 0.5) is 5.69 Å². The van der Waals surface area contributed by atoms with Crippen LogP contribution in [-0.4, -0.2) is 28.5 Å². The van der Waals surface area contributed by atoms with E-state index in [1.165, 1.54) is 30.3 Å². The fourth-order valence-electron chi connectivity index (χ4n) is 3.71. The summed E-state index contributed by atoms with van der Waals surface area (Å²) < 4.78 is 39.4. The smallest absolute Gasteiger partial charge is 0.248 e. The van der Waals surface area contributed by atoms with Gasteiger partial charge in [-0.1, -0.05) is 12.1 Å². The zero-order valence-electron chi connectivity index (χ0n) is 19.4. The Morgan fingerprint density at radius 3 is 2.29 bits per heavy atom. The Hall–Kier alpha value is -4.08. The van der Waals surface area contributed by atoms with Crippen molar-refractivity contribution in [1.29, 1.82) is 0 Å². The number of carbonyl (C=O) groups is 1. The van der Waals surface area contributed by atoms with E-state index in [0.29, 0.717) is 22.6 Å². The third kappa shape index (κ3) is 5.21. The molecule has 3 aromatic carbocycles. The Labute approximate surface area is 203 Å². The first-order valence-corrected chi connectivity index (χ1v) is 12.1. The van der Waals surface area contributed by atoms with E-state index in [4.69, 9.17) is 19.0 Å². The summed E-state index contributed by atoms with van der Waals surface area (Å²) in [5.74, 6) is 0.941. The van der Waals surface area contributed by atoms with Gasteiger partial charge in [-0.25, -0.2) is 13.6 Å². The first kappa shape index (κ1) is 24.1. The van der Waals surface area contributed by atoms with Gasteiger partial charge in [0.25, 0.3) is 0 Å². The number of furan rings is 1. The van der Waals surface area contributed by atoms with Crippen LogP contribution >= 0.6 is 0 Å². The van der Waals surface area contributed by atoms with Gasteiger partial charge in [0.15, 0.2) is 0 Å². The van der Waals surface area contributed by atoms with Crippen molar-refractivity contribution in [2.75, 3.05) is 19.5 Å². The molecule has 0 radical (unpaired) electrons. The Balaban J connectivity index is 1.64. The summed E-state index contributed by atoms with van der Waals surface area (Å²) in [7, 11) is -0.633. The predicted octanol–water partition coefficient (Wildman–Crippen LogP) is 4.81. The summed E-state index contributed by atoms with van der Waals surface area (Å²) in [6.07, 6.45) is 3.14. The normalized spacial score (nSPS) is 11.9. The monoisotopic (exact) mass is 492 g/mol. The van der Waals surface area contributed by atoms with Crippen molar-refractivity contribution < 1.29 is 27.1 Å². The largest absolute Gasteiger partial charge is 0.497 e. The molecule has 0 unspecified atom stereocenters. The lowest BCUT2D eigenvalue weighted by Crippen LogP contribution is -2.12. The van der Waals surface area contributed by atoms with Crippen LogP contribution in [0.15, 0.2) is 82.3 Å². The molecule has 0 aliphatic carbocycles. The number of allylic oxidation sites excluding steroid dienone is 1. The number of hydrogen-bond acceptors (Lipinski definition) is 6. The van der Waals surface area contributed by atoms with Crippen molar-refractivity contribution in [3.63, 3.8) is 0 Å². The minimum atomic E-state index is -3.80. The van der Waals surface area contributed by atoms with Crippen LogP contribution in [0.5, 0.6) is 11.5 Å². The molecule has 1 heterocycles. The molecule has 180 valence electrons. The molecule has 0 aliphatic heterocycles. The first-order chi connectivity index (χ1) is 16.7. The maximum absolute atomic E-state index is 12.6. The lowest BCUT2D eigenvalue weighted by atomic mass is 9.99. The number of ether oxygens (including phenoxy) is 2. The molecule has 3 N–H and O–H groups in total. The van der Waals surface area contributed by atoms with E-state index in [9.17, 15) is 13.2 Å². The molecule has 0 fully saturated rings. The van der Waals surface area contributed by atoms with Gasteiger partial charge in [0.05, 0.1) is 25.4 Å². The Morgan fingerprint density at radius 1 is 1.00 bits per heavy atom. The van der Waals surface area contributed by atoms with Crippen LogP contribution in [0.2, 0.25) is 0 Å². The summed E-state index contributed by atoms with van der Waals surface area (Å²) in [6, 6.07) is 17.0. The summed E-state index contributed by atoms with van der Waals surface area (Å²) in [4.78, 5) is 12.6. The molecule has 0 aliphatic rings. The van der Waals surface area contributed by atoms with Crippen LogP contribution in [0.1, 0.15) is 12.5 Å². The van der Waals surface area contributed by atoms with Crippen molar-refractivity contribution in [2.24, 2.45) is 5.14 Å². The molecule has 4 rings (SSSR count). The number of nitrogens with two attached hydrogens (primary N) is 1. The summed E-state index contributed by atoms with van der Waals surface area (Å²) >= 11 is 0. The second kappa shape index (κ2) is 9.65. The Bertz CT molecular complexity index is 1520. The Morgan fingerprint density at radius 2 is 1.69 bits per heavy atom. The van der Waals surface area contributed by atoms with E-state index in [1.54, 1.807) is 33.5 Å². The van der Waals surface area contributed by atoms with Gasteiger partial charge in [0.1, 0.15) is 17.1 Å². The number of benzene rings is 3. The molecule has 0 saturated carbocycles. The molecule has 8 nitrogen and oxygen atoms in total. The molecule has 4 aromatic rings. The lowest BCUT2D eigenvalue weighted by molar-refractivity contribution is -0.111. The second-order valence-corrected chi connectivity index (χ2v) is 9.37. The first-order valence-electron chi connectivity index (χ1n) is 10.6. The molecule has 1 amide bonds. The number of nitrogens with one attached hydrogen (secondary N) is 1. The van der Waals surface area contributed by atoms with E-state index in [1.807, 2.05) is 30.3 Å². The molecule has 1 aromatic heterocycles. The summed E-state index contributed by atoms with van der Waals surface area (Å²) in [5.41, 5.74) is 4.36. The molecular formula is C26H24N2O6S. The number of sulfonamides is 1. The minimum Gasteiger partial charge on any atom is -0.497 e. The van der Waals surface area contributed by atoms with Crippen LogP contribution in [-0.2, 0) is 14.8 Å². The van der Waals surface area contributed by atoms with Crippen molar-refractivity contribution >= 4 is 38.2 Å². The number of amides is 1. The van der Waals surface area contributed by atoms with Crippen molar-refractivity contribution in [1.82, 2.24) is 0 Å². The fourth-order valence-corrected chi connectivity index (χ4v) is 4.22. The number of hydrogen-bond donors (Lipinski definition) is 2. The molecule has 0 atom stereocenters. The fraction of sp³-hybridized carbons (Fsp3) is 0.115. The van der Waals surface area contributed by atoms with Gasteiger partial charge in [0, 0.05) is 34.3 Å². The highest BCUT2D eigenvalue weighted by atomic mass is 32.2. The third-order valence-electron chi connectivity index (χ3n) is 5.52. The summed E-state index contributed by atoms with van der Waals surface area (Å²) in [6.45, 7) is 1.81. The Kier molecular flexibility index (Phi) is 6.63. The number of carbonyl (C=O) groups excluding carboxylic acids is 1. The lowest BCUT2D eigenvalue weighted by Gasteiger charge is -2.10. The third-order valence-corrected chi connectivity index (χ3v) is 6.45. The summed E-state index contributed by atoms with van der Waals surface area (Å²) in [5, 5.41) is 8.70. The SMILES string of the molecule is COc1ccc(-c2coc3cc(OC)c(/C(C)=C/C(=O)Nc4ccc(S(N)(=O)=O)cc4)cc23)cc1. The molecule has 9 heteroatoms. The van der Waals surface area contributed by atoms with Gasteiger partial charge >= 0.3 is 0 Å². The molecule has 0 bridgehead atoms. The van der Waals surface area contributed by atoms with Crippen molar-refractivity contribution in [3.8, 4) is 22.6 Å². The second-order valence-electron chi connectivity index (χ2n) is 7.81. The van der Waals surface area contributed by atoms with E-state index < -0.39 is 10.0 Å². The number of fused-ring (bicyclic) bond motifs is 1.